The van der Waals surface area contributed by atoms with Gasteiger partial charge in [-0.15, -0.1) is 0 Å². The number of benzene rings is 2. The molecule has 0 fully saturated rings. The molecule has 0 aromatic heterocycles. The van der Waals surface area contributed by atoms with Crippen LogP contribution in [0.4, 0.5) is 5.69 Å². The van der Waals surface area contributed by atoms with Crippen LogP contribution < -0.4 is 5.32 Å². The number of carbonyl (C=O) groups excluding carboxylic acids is 1. The largest absolute Gasteiger partial charge is 0.478 e. The summed E-state index contributed by atoms with van der Waals surface area (Å²) in [7, 11) is 0. The molecule has 2 aromatic rings. The van der Waals surface area contributed by atoms with E-state index in [0.29, 0.717) is 19.4 Å². The van der Waals surface area contributed by atoms with E-state index in [1.807, 2.05) is 0 Å². The van der Waals surface area contributed by atoms with Crippen LogP contribution >= 0.6 is 0 Å². The summed E-state index contributed by atoms with van der Waals surface area (Å²) in [5.41, 5.74) is 2.28. The molecule has 2 N–H and O–H groups in total. The molecular weight excluding hydrogens is 348 g/mol. The number of carboxylic acids is 1. The topological polar surface area (TPSA) is 110 Å². The van der Waals surface area contributed by atoms with Crippen molar-refractivity contribution in [1.82, 2.24) is 5.32 Å². The monoisotopic (exact) mass is 370 g/mol. The zero-order valence-corrected chi connectivity index (χ0v) is 14.9. The fraction of sp³-hybridized carbons (Fsp3) is 0.300. The lowest BCUT2D eigenvalue weighted by Crippen LogP contribution is -2.24. The Morgan fingerprint density at radius 2 is 1.52 bits per heavy atom. The maximum atomic E-state index is 11.9. The SMILES string of the molecule is O=C(CCc1ccc(C(=O)O)cc1)NCCCCc1ccc([N+](=O)[O-])cc1. The molecule has 0 bridgehead atoms. The normalized spacial score (nSPS) is 10.4. The van der Waals surface area contributed by atoms with Crippen LogP contribution in [0.25, 0.3) is 0 Å². The summed E-state index contributed by atoms with van der Waals surface area (Å²) in [6.07, 6.45) is 3.44. The van der Waals surface area contributed by atoms with Crippen molar-refractivity contribution >= 4 is 17.6 Å². The van der Waals surface area contributed by atoms with Crippen molar-refractivity contribution in [3.05, 3.63) is 75.3 Å². The number of nitrogens with zero attached hydrogens (tertiary/aromatic N) is 1. The average molecular weight is 370 g/mol. The van der Waals surface area contributed by atoms with E-state index in [-0.39, 0.29) is 17.2 Å². The number of aromatic carboxylic acids is 1. The predicted octanol–water partition coefficient (Wildman–Crippen LogP) is 3.36. The number of hydrogen-bond donors (Lipinski definition) is 2. The first-order chi connectivity index (χ1) is 13.0. The first-order valence-electron chi connectivity index (χ1n) is 8.78. The van der Waals surface area contributed by atoms with Crippen LogP contribution in [0.2, 0.25) is 0 Å². The van der Waals surface area contributed by atoms with Crippen molar-refractivity contribution in [2.24, 2.45) is 0 Å². The van der Waals surface area contributed by atoms with Gasteiger partial charge in [0.1, 0.15) is 0 Å². The summed E-state index contributed by atoms with van der Waals surface area (Å²) in [6, 6.07) is 13.0. The third kappa shape index (κ3) is 6.89. The first kappa shape index (κ1) is 20.1. The second kappa shape index (κ2) is 10.1. The minimum atomic E-state index is -0.965. The average Bonchev–Trinajstić information content (AvgIpc) is 2.66. The maximum Gasteiger partial charge on any atom is 0.335 e. The fourth-order valence-corrected chi connectivity index (χ4v) is 2.63. The Labute approximate surface area is 157 Å². The molecule has 0 saturated heterocycles. The Morgan fingerprint density at radius 3 is 2.11 bits per heavy atom. The molecule has 7 heteroatoms. The minimum absolute atomic E-state index is 0.0346. The lowest BCUT2D eigenvalue weighted by molar-refractivity contribution is -0.384. The van der Waals surface area contributed by atoms with Crippen LogP contribution in [0.15, 0.2) is 48.5 Å². The number of nitro groups is 1. The standard InChI is InChI=1S/C20H22N2O5/c23-19(13-8-16-4-9-17(10-5-16)20(24)25)21-14-2-1-3-15-6-11-18(12-7-15)22(26)27/h4-7,9-12H,1-3,8,13-14H2,(H,21,23)(H,24,25). The Kier molecular flexibility index (Phi) is 7.49. The van der Waals surface area contributed by atoms with E-state index in [2.05, 4.69) is 5.32 Å². The van der Waals surface area contributed by atoms with E-state index in [0.717, 1.165) is 30.4 Å². The van der Waals surface area contributed by atoms with E-state index in [4.69, 9.17) is 5.11 Å². The number of aryl methyl sites for hydroxylation is 2. The second-order valence-corrected chi connectivity index (χ2v) is 6.23. The van der Waals surface area contributed by atoms with Gasteiger partial charge in [0.05, 0.1) is 10.5 Å². The van der Waals surface area contributed by atoms with Gasteiger partial charge >= 0.3 is 5.97 Å². The summed E-state index contributed by atoms with van der Waals surface area (Å²) in [6.45, 7) is 0.587. The lowest BCUT2D eigenvalue weighted by atomic mass is 10.1. The van der Waals surface area contributed by atoms with Gasteiger partial charge in [0.15, 0.2) is 0 Å². The number of hydrogen-bond acceptors (Lipinski definition) is 4. The van der Waals surface area contributed by atoms with E-state index in [9.17, 15) is 19.7 Å². The molecule has 0 aliphatic rings. The molecule has 2 rings (SSSR count). The Morgan fingerprint density at radius 1 is 0.926 bits per heavy atom. The third-order valence-electron chi connectivity index (χ3n) is 4.20. The second-order valence-electron chi connectivity index (χ2n) is 6.23. The van der Waals surface area contributed by atoms with Crippen LogP contribution in [-0.2, 0) is 17.6 Å². The van der Waals surface area contributed by atoms with E-state index in [1.54, 1.807) is 24.3 Å². The van der Waals surface area contributed by atoms with Crippen molar-refractivity contribution in [3.8, 4) is 0 Å². The molecule has 0 heterocycles. The molecule has 0 aliphatic carbocycles. The van der Waals surface area contributed by atoms with E-state index < -0.39 is 10.9 Å². The molecule has 0 aliphatic heterocycles. The van der Waals surface area contributed by atoms with Crippen LogP contribution in [0.5, 0.6) is 0 Å². The Hall–Kier alpha value is -3.22. The highest BCUT2D eigenvalue weighted by Crippen LogP contribution is 2.13. The number of carboxylic acid groups (broad SMARTS) is 1. The number of nitro benzene ring substituents is 1. The number of non-ortho nitro benzene ring substituents is 1. The highest BCUT2D eigenvalue weighted by Gasteiger charge is 2.06. The number of rotatable bonds is 10. The molecule has 2 aromatic carbocycles. The van der Waals surface area contributed by atoms with Gasteiger partial charge in [-0.3, -0.25) is 14.9 Å². The van der Waals surface area contributed by atoms with Crippen LogP contribution in [-0.4, -0.2) is 28.5 Å². The number of amides is 1. The van der Waals surface area contributed by atoms with Gasteiger partial charge in [0.2, 0.25) is 5.91 Å². The fourth-order valence-electron chi connectivity index (χ4n) is 2.63. The number of unbranched alkanes of at least 4 members (excludes halogenated alkanes) is 1. The van der Waals surface area contributed by atoms with Crippen LogP contribution in [0.3, 0.4) is 0 Å². The number of nitrogens with one attached hydrogen (secondary N) is 1. The molecule has 0 radical (unpaired) electrons. The zero-order chi connectivity index (χ0) is 19.6. The molecule has 142 valence electrons. The molecule has 0 spiro atoms. The Bertz CT molecular complexity index is 785. The Balaban J connectivity index is 1.60. The van der Waals surface area contributed by atoms with Gasteiger partial charge in [-0.05, 0) is 48.9 Å². The van der Waals surface area contributed by atoms with Crippen molar-refractivity contribution in [2.75, 3.05) is 6.54 Å². The van der Waals surface area contributed by atoms with E-state index in [1.165, 1.54) is 24.3 Å². The highest BCUT2D eigenvalue weighted by molar-refractivity contribution is 5.87. The molecule has 0 atom stereocenters. The molecule has 27 heavy (non-hydrogen) atoms. The predicted molar refractivity (Wildman–Crippen MR) is 101 cm³/mol. The van der Waals surface area contributed by atoms with Crippen molar-refractivity contribution < 1.29 is 19.6 Å². The molecular formula is C20H22N2O5. The minimum Gasteiger partial charge on any atom is -0.478 e. The van der Waals surface area contributed by atoms with Gasteiger partial charge in [0, 0.05) is 25.1 Å². The number of carbonyl (C=O) groups is 2. The van der Waals surface area contributed by atoms with Crippen molar-refractivity contribution in [3.63, 3.8) is 0 Å². The molecule has 1 amide bonds. The molecule has 0 saturated carbocycles. The summed E-state index contributed by atoms with van der Waals surface area (Å²) in [5.74, 6) is -0.999. The summed E-state index contributed by atoms with van der Waals surface area (Å²) in [5, 5.41) is 22.3. The highest BCUT2D eigenvalue weighted by atomic mass is 16.6. The summed E-state index contributed by atoms with van der Waals surface area (Å²) in [4.78, 5) is 32.8. The summed E-state index contributed by atoms with van der Waals surface area (Å²) >= 11 is 0. The van der Waals surface area contributed by atoms with Crippen LogP contribution in [0.1, 0.15) is 40.7 Å². The smallest absolute Gasteiger partial charge is 0.335 e. The third-order valence-corrected chi connectivity index (χ3v) is 4.20. The van der Waals surface area contributed by atoms with E-state index >= 15 is 0 Å². The van der Waals surface area contributed by atoms with Gasteiger partial charge in [-0.1, -0.05) is 24.3 Å². The molecule has 7 nitrogen and oxygen atoms in total. The maximum absolute atomic E-state index is 11.9. The van der Waals surface area contributed by atoms with Gasteiger partial charge in [-0.2, -0.15) is 0 Å². The lowest BCUT2D eigenvalue weighted by Gasteiger charge is -2.06. The van der Waals surface area contributed by atoms with Gasteiger partial charge < -0.3 is 10.4 Å². The summed E-state index contributed by atoms with van der Waals surface area (Å²) < 4.78 is 0. The van der Waals surface area contributed by atoms with Crippen LogP contribution in [0, 0.1) is 10.1 Å². The van der Waals surface area contributed by atoms with Crippen molar-refractivity contribution in [2.45, 2.75) is 32.1 Å². The quantitative estimate of drug-likeness (QED) is 0.378. The molecule has 0 unspecified atom stereocenters. The van der Waals surface area contributed by atoms with Gasteiger partial charge in [0.25, 0.3) is 5.69 Å². The van der Waals surface area contributed by atoms with Gasteiger partial charge in [-0.25, -0.2) is 4.79 Å². The first-order valence-corrected chi connectivity index (χ1v) is 8.78. The zero-order valence-electron chi connectivity index (χ0n) is 14.9. The van der Waals surface area contributed by atoms with Crippen molar-refractivity contribution in [1.29, 1.82) is 0 Å².